The summed E-state index contributed by atoms with van der Waals surface area (Å²) in [7, 11) is 0. The van der Waals surface area contributed by atoms with Gasteiger partial charge in [-0.25, -0.2) is 0 Å². The van der Waals surface area contributed by atoms with Gasteiger partial charge in [0.05, 0.1) is 5.41 Å². The molecule has 0 aliphatic rings. The molecule has 0 saturated carbocycles. The fourth-order valence-corrected chi connectivity index (χ4v) is 1.16. The van der Waals surface area contributed by atoms with Gasteiger partial charge in [-0.05, 0) is 18.8 Å². The van der Waals surface area contributed by atoms with E-state index >= 15 is 0 Å². The van der Waals surface area contributed by atoms with E-state index < -0.39 is 11.4 Å². The van der Waals surface area contributed by atoms with Crippen LogP contribution in [0.1, 0.15) is 34.6 Å². The van der Waals surface area contributed by atoms with Crippen molar-refractivity contribution in [3.63, 3.8) is 0 Å². The van der Waals surface area contributed by atoms with Crippen molar-refractivity contribution in [2.45, 2.75) is 34.6 Å². The molecule has 0 atom stereocenters. The van der Waals surface area contributed by atoms with Crippen LogP contribution >= 0.6 is 0 Å². The van der Waals surface area contributed by atoms with Gasteiger partial charge in [0.2, 0.25) is 0 Å². The molecule has 12 heavy (non-hydrogen) atoms. The Morgan fingerprint density at radius 3 is 1.42 bits per heavy atom. The minimum atomic E-state index is -0.692. The third-order valence-electron chi connectivity index (χ3n) is 2.86. The maximum Gasteiger partial charge on any atom is 0.309 e. The molecule has 0 aliphatic heterocycles. The van der Waals surface area contributed by atoms with Crippen LogP contribution in [0.5, 0.6) is 0 Å². The van der Waals surface area contributed by atoms with Gasteiger partial charge in [-0.1, -0.05) is 27.7 Å². The molecule has 3 heteroatoms. The van der Waals surface area contributed by atoms with Gasteiger partial charge in [0.25, 0.3) is 0 Å². The van der Waals surface area contributed by atoms with E-state index in [1.165, 1.54) is 0 Å². The first-order valence-corrected chi connectivity index (χ1v) is 4.06. The first-order valence-electron chi connectivity index (χ1n) is 4.06. The number of rotatable bonds is 3. The summed E-state index contributed by atoms with van der Waals surface area (Å²) in [6, 6.07) is 0. The molecule has 4 N–H and O–H groups in total. The molecule has 0 spiro atoms. The molecule has 0 bridgehead atoms. The Bertz CT molecular complexity index is 145. The molecule has 0 aromatic rings. The van der Waals surface area contributed by atoms with Crippen molar-refractivity contribution in [2.24, 2.45) is 17.3 Å². The largest absolute Gasteiger partial charge is 0.481 e. The molecule has 0 aromatic carbocycles. The van der Waals surface area contributed by atoms with Crippen LogP contribution in [-0.4, -0.2) is 11.1 Å². The Labute approximate surface area is 74.8 Å². The molecular formula is C9H21NO2. The maximum absolute atomic E-state index is 10.9. The number of hydrogen-bond donors (Lipinski definition) is 2. The van der Waals surface area contributed by atoms with Crippen molar-refractivity contribution >= 4 is 5.97 Å². The van der Waals surface area contributed by atoms with Crippen LogP contribution in [0.3, 0.4) is 0 Å². The molecule has 0 radical (unpaired) electrons. The van der Waals surface area contributed by atoms with Crippen LogP contribution < -0.4 is 6.15 Å². The molecule has 0 saturated heterocycles. The van der Waals surface area contributed by atoms with E-state index in [1.807, 2.05) is 34.6 Å². The third kappa shape index (κ3) is 2.21. The van der Waals surface area contributed by atoms with Crippen molar-refractivity contribution in [1.29, 1.82) is 0 Å². The van der Waals surface area contributed by atoms with Gasteiger partial charge in [0.1, 0.15) is 0 Å². The van der Waals surface area contributed by atoms with Crippen molar-refractivity contribution in [1.82, 2.24) is 6.15 Å². The van der Waals surface area contributed by atoms with Gasteiger partial charge < -0.3 is 11.3 Å². The van der Waals surface area contributed by atoms with E-state index in [9.17, 15) is 4.79 Å². The van der Waals surface area contributed by atoms with Crippen LogP contribution in [0.2, 0.25) is 0 Å². The van der Waals surface area contributed by atoms with Crippen LogP contribution in [0, 0.1) is 17.3 Å². The second kappa shape index (κ2) is 4.45. The van der Waals surface area contributed by atoms with Crippen LogP contribution in [-0.2, 0) is 4.79 Å². The first kappa shape index (κ1) is 14.0. The quantitative estimate of drug-likeness (QED) is 0.692. The van der Waals surface area contributed by atoms with Crippen molar-refractivity contribution in [3.05, 3.63) is 0 Å². The zero-order valence-electron chi connectivity index (χ0n) is 8.72. The zero-order chi connectivity index (χ0) is 9.23. The van der Waals surface area contributed by atoms with Crippen molar-refractivity contribution in [2.75, 3.05) is 0 Å². The van der Waals surface area contributed by atoms with Crippen LogP contribution in [0.15, 0.2) is 0 Å². The normalized spacial score (nSPS) is 11.6. The molecule has 74 valence electrons. The predicted molar refractivity (Wildman–Crippen MR) is 50.4 cm³/mol. The second-order valence-corrected chi connectivity index (χ2v) is 3.90. The summed E-state index contributed by atoms with van der Waals surface area (Å²) in [5, 5.41) is 8.97. The highest BCUT2D eigenvalue weighted by Crippen LogP contribution is 2.35. The molecule has 0 unspecified atom stereocenters. The standard InChI is InChI=1S/C9H18O2.H3N/c1-6(2)9(5,7(3)4)8(10)11;/h6-7H,1-5H3,(H,10,11);1H3. The third-order valence-corrected chi connectivity index (χ3v) is 2.86. The molecule has 3 nitrogen and oxygen atoms in total. The minimum absolute atomic E-state index is 0. The second-order valence-electron chi connectivity index (χ2n) is 3.90. The Morgan fingerprint density at radius 1 is 1.17 bits per heavy atom. The molecule has 0 rings (SSSR count). The lowest BCUT2D eigenvalue weighted by molar-refractivity contribution is -0.153. The summed E-state index contributed by atoms with van der Waals surface area (Å²) >= 11 is 0. The topological polar surface area (TPSA) is 72.3 Å². The van der Waals surface area contributed by atoms with E-state index in [0.717, 1.165) is 0 Å². The summed E-state index contributed by atoms with van der Waals surface area (Å²) < 4.78 is 0. The number of carboxylic acid groups (broad SMARTS) is 1. The maximum atomic E-state index is 10.9. The SMILES string of the molecule is CC(C)C(C)(C(=O)O)C(C)C.N. The predicted octanol–water partition coefficient (Wildman–Crippen LogP) is 2.55. The molecular weight excluding hydrogens is 154 g/mol. The average Bonchev–Trinajstić information content (AvgIpc) is 1.84. The zero-order valence-corrected chi connectivity index (χ0v) is 8.72. The van der Waals surface area contributed by atoms with Crippen LogP contribution in [0.4, 0.5) is 0 Å². The van der Waals surface area contributed by atoms with Gasteiger partial charge >= 0.3 is 5.97 Å². The molecule has 0 amide bonds. The highest BCUT2D eigenvalue weighted by atomic mass is 16.4. The van der Waals surface area contributed by atoms with Gasteiger partial charge in [-0.2, -0.15) is 0 Å². The number of hydrogen-bond acceptors (Lipinski definition) is 2. The lowest BCUT2D eigenvalue weighted by Crippen LogP contribution is -2.38. The van der Waals surface area contributed by atoms with Gasteiger partial charge in [0.15, 0.2) is 0 Å². The minimum Gasteiger partial charge on any atom is -0.481 e. The molecule has 0 fully saturated rings. The van der Waals surface area contributed by atoms with E-state index in [1.54, 1.807) is 0 Å². The Balaban J connectivity index is 0. The number of carbonyl (C=O) groups is 1. The van der Waals surface area contributed by atoms with Gasteiger partial charge in [0, 0.05) is 0 Å². The molecule has 0 aliphatic carbocycles. The van der Waals surface area contributed by atoms with E-state index in [4.69, 9.17) is 5.11 Å². The Hall–Kier alpha value is -0.570. The Kier molecular flexibility index (Phi) is 5.19. The highest BCUT2D eigenvalue weighted by Gasteiger charge is 2.39. The summed E-state index contributed by atoms with van der Waals surface area (Å²) in [5.41, 5.74) is -0.583. The summed E-state index contributed by atoms with van der Waals surface area (Å²) in [6.45, 7) is 9.62. The van der Waals surface area contributed by atoms with E-state index in [2.05, 4.69) is 0 Å². The monoisotopic (exact) mass is 175 g/mol. The van der Waals surface area contributed by atoms with E-state index in [-0.39, 0.29) is 18.0 Å². The molecule has 0 heterocycles. The van der Waals surface area contributed by atoms with E-state index in [0.29, 0.717) is 0 Å². The highest BCUT2D eigenvalue weighted by molar-refractivity contribution is 5.74. The summed E-state index contributed by atoms with van der Waals surface area (Å²) in [5.74, 6) is -0.331. The van der Waals surface area contributed by atoms with Gasteiger partial charge in [-0.15, -0.1) is 0 Å². The Morgan fingerprint density at radius 2 is 1.42 bits per heavy atom. The summed E-state index contributed by atoms with van der Waals surface area (Å²) in [4.78, 5) is 10.9. The fraction of sp³-hybridized carbons (Fsp3) is 0.889. The molecule has 0 aromatic heterocycles. The fourth-order valence-electron chi connectivity index (χ4n) is 1.16. The van der Waals surface area contributed by atoms with Crippen LogP contribution in [0.25, 0.3) is 0 Å². The number of aliphatic carboxylic acids is 1. The average molecular weight is 175 g/mol. The number of carboxylic acids is 1. The van der Waals surface area contributed by atoms with Gasteiger partial charge in [-0.3, -0.25) is 4.79 Å². The van der Waals surface area contributed by atoms with Crippen molar-refractivity contribution < 1.29 is 9.90 Å². The first-order chi connectivity index (χ1) is 4.83. The lowest BCUT2D eigenvalue weighted by atomic mass is 9.71. The van der Waals surface area contributed by atoms with Crippen molar-refractivity contribution in [3.8, 4) is 0 Å². The summed E-state index contributed by atoms with van der Waals surface area (Å²) in [6.07, 6.45) is 0. The lowest BCUT2D eigenvalue weighted by Gasteiger charge is -2.32. The smallest absolute Gasteiger partial charge is 0.309 e.